The molecular weight excluding hydrogens is 228 g/mol. The van der Waals surface area contributed by atoms with Crippen molar-refractivity contribution in [2.75, 3.05) is 6.54 Å². The van der Waals surface area contributed by atoms with Gasteiger partial charge < -0.3 is 15.8 Å². The molecule has 1 aliphatic rings. The van der Waals surface area contributed by atoms with Crippen LogP contribution in [0.1, 0.15) is 40.0 Å². The second-order valence-electron chi connectivity index (χ2n) is 5.18. The molecule has 0 aromatic heterocycles. The van der Waals surface area contributed by atoms with Gasteiger partial charge in [0.1, 0.15) is 5.60 Å². The van der Waals surface area contributed by atoms with E-state index in [-0.39, 0.29) is 24.5 Å². The van der Waals surface area contributed by atoms with Crippen molar-refractivity contribution in [2.45, 2.75) is 51.7 Å². The first-order valence-corrected chi connectivity index (χ1v) is 5.62. The number of rotatable bonds is 2. The average Bonchev–Trinajstić information content (AvgIpc) is 2.48. The number of ether oxygens (including phenoxy) is 1. The molecule has 5 heteroatoms. The Hall–Kier alpha value is -0.480. The highest BCUT2D eigenvalue weighted by Crippen LogP contribution is 2.24. The first-order chi connectivity index (χ1) is 6.92. The third-order valence-corrected chi connectivity index (χ3v) is 2.66. The largest absolute Gasteiger partial charge is 0.444 e. The minimum atomic E-state index is -0.430. The van der Waals surface area contributed by atoms with Crippen molar-refractivity contribution in [3.63, 3.8) is 0 Å². The van der Waals surface area contributed by atoms with E-state index in [9.17, 15) is 4.79 Å². The van der Waals surface area contributed by atoms with Crippen LogP contribution in [-0.4, -0.2) is 24.3 Å². The van der Waals surface area contributed by atoms with E-state index in [1.54, 1.807) is 0 Å². The zero-order valence-corrected chi connectivity index (χ0v) is 11.1. The van der Waals surface area contributed by atoms with Crippen molar-refractivity contribution in [1.29, 1.82) is 0 Å². The molecule has 1 amide bonds. The summed E-state index contributed by atoms with van der Waals surface area (Å²) in [4.78, 5) is 11.5. The molecule has 0 heterocycles. The van der Waals surface area contributed by atoms with Gasteiger partial charge in [-0.25, -0.2) is 4.79 Å². The Kier molecular flexibility index (Phi) is 6.11. The molecule has 1 saturated carbocycles. The van der Waals surface area contributed by atoms with E-state index in [4.69, 9.17) is 10.5 Å². The summed E-state index contributed by atoms with van der Waals surface area (Å²) in [5.74, 6) is 0.414. The fourth-order valence-electron chi connectivity index (χ4n) is 1.97. The summed E-state index contributed by atoms with van der Waals surface area (Å²) in [5.41, 5.74) is 5.21. The summed E-state index contributed by atoms with van der Waals surface area (Å²) in [5, 5.41) is 2.90. The van der Waals surface area contributed by atoms with E-state index in [0.717, 1.165) is 19.3 Å². The quantitative estimate of drug-likeness (QED) is 0.789. The minimum absolute atomic E-state index is 0. The van der Waals surface area contributed by atoms with E-state index >= 15 is 0 Å². The average molecular weight is 251 g/mol. The molecule has 96 valence electrons. The van der Waals surface area contributed by atoms with Gasteiger partial charge in [0.25, 0.3) is 0 Å². The van der Waals surface area contributed by atoms with E-state index in [2.05, 4.69) is 5.32 Å². The predicted molar refractivity (Wildman–Crippen MR) is 66.8 cm³/mol. The molecule has 0 saturated heterocycles. The standard InChI is InChI=1S/C11H22N2O2.ClH/c1-11(2,3)15-10(14)13-9-6-4-5-8(9)7-12;/h8-9H,4-7,12H2,1-3H3,(H,13,14);1H/t8-,9-;/m1./s1. The Morgan fingerprint density at radius 3 is 2.56 bits per heavy atom. The number of amides is 1. The molecular formula is C11H23ClN2O2. The van der Waals surface area contributed by atoms with Crippen molar-refractivity contribution in [2.24, 2.45) is 11.7 Å². The lowest BCUT2D eigenvalue weighted by atomic mass is 10.0. The molecule has 0 aromatic rings. The number of hydrogen-bond acceptors (Lipinski definition) is 3. The lowest BCUT2D eigenvalue weighted by molar-refractivity contribution is 0.0494. The van der Waals surface area contributed by atoms with Gasteiger partial charge in [0.15, 0.2) is 0 Å². The van der Waals surface area contributed by atoms with Crippen molar-refractivity contribution in [3.05, 3.63) is 0 Å². The Bertz CT molecular complexity index is 229. The molecule has 0 radical (unpaired) electrons. The van der Waals surface area contributed by atoms with Crippen LogP contribution in [0, 0.1) is 5.92 Å². The van der Waals surface area contributed by atoms with Gasteiger partial charge in [-0.05, 0) is 46.1 Å². The van der Waals surface area contributed by atoms with Crippen molar-refractivity contribution >= 4 is 18.5 Å². The third kappa shape index (κ3) is 5.03. The number of halogens is 1. The lowest BCUT2D eigenvalue weighted by Gasteiger charge is -2.24. The lowest BCUT2D eigenvalue weighted by Crippen LogP contribution is -2.42. The van der Waals surface area contributed by atoms with Gasteiger partial charge in [0.2, 0.25) is 0 Å². The summed E-state index contributed by atoms with van der Waals surface area (Å²) in [7, 11) is 0. The van der Waals surface area contributed by atoms with E-state index in [0.29, 0.717) is 12.5 Å². The van der Waals surface area contributed by atoms with Crippen LogP contribution in [0.25, 0.3) is 0 Å². The third-order valence-electron chi connectivity index (χ3n) is 2.66. The summed E-state index contributed by atoms with van der Waals surface area (Å²) >= 11 is 0. The van der Waals surface area contributed by atoms with Crippen molar-refractivity contribution in [1.82, 2.24) is 5.32 Å². The van der Waals surface area contributed by atoms with Crippen LogP contribution in [-0.2, 0) is 4.74 Å². The fourth-order valence-corrected chi connectivity index (χ4v) is 1.97. The predicted octanol–water partition coefficient (Wildman–Crippen LogP) is 2.06. The van der Waals surface area contributed by atoms with Gasteiger partial charge in [-0.3, -0.25) is 0 Å². The highest BCUT2D eigenvalue weighted by Gasteiger charge is 2.28. The molecule has 0 aromatic carbocycles. The molecule has 3 N–H and O–H groups in total. The molecule has 16 heavy (non-hydrogen) atoms. The maximum atomic E-state index is 11.5. The Balaban J connectivity index is 0.00000225. The Morgan fingerprint density at radius 2 is 2.06 bits per heavy atom. The van der Waals surface area contributed by atoms with Crippen LogP contribution in [0.5, 0.6) is 0 Å². The monoisotopic (exact) mass is 250 g/mol. The Labute approximate surface area is 104 Å². The number of hydrogen-bond donors (Lipinski definition) is 2. The summed E-state index contributed by atoms with van der Waals surface area (Å²) in [6, 6.07) is 0.199. The van der Waals surface area contributed by atoms with Crippen LogP contribution >= 0.6 is 12.4 Å². The molecule has 0 aliphatic heterocycles. The normalized spacial score (nSPS) is 24.8. The molecule has 0 spiro atoms. The van der Waals surface area contributed by atoms with Crippen LogP contribution < -0.4 is 11.1 Å². The maximum Gasteiger partial charge on any atom is 0.407 e. The van der Waals surface area contributed by atoms with E-state index in [1.165, 1.54) is 0 Å². The van der Waals surface area contributed by atoms with Crippen LogP contribution in [0.2, 0.25) is 0 Å². The maximum absolute atomic E-state index is 11.5. The van der Waals surface area contributed by atoms with Crippen molar-refractivity contribution in [3.8, 4) is 0 Å². The summed E-state index contributed by atoms with van der Waals surface area (Å²) in [6.07, 6.45) is 2.94. The molecule has 0 bridgehead atoms. The van der Waals surface area contributed by atoms with Crippen LogP contribution in [0.3, 0.4) is 0 Å². The van der Waals surface area contributed by atoms with Gasteiger partial charge in [0.05, 0.1) is 0 Å². The first kappa shape index (κ1) is 15.5. The fraction of sp³-hybridized carbons (Fsp3) is 0.909. The molecule has 4 nitrogen and oxygen atoms in total. The zero-order valence-electron chi connectivity index (χ0n) is 10.3. The smallest absolute Gasteiger partial charge is 0.407 e. The molecule has 0 unspecified atom stereocenters. The molecule has 1 aliphatic carbocycles. The topological polar surface area (TPSA) is 64.3 Å². The van der Waals surface area contributed by atoms with Crippen LogP contribution in [0.4, 0.5) is 4.79 Å². The van der Waals surface area contributed by atoms with Gasteiger partial charge in [-0.15, -0.1) is 12.4 Å². The van der Waals surface area contributed by atoms with Gasteiger partial charge in [-0.1, -0.05) is 6.42 Å². The highest BCUT2D eigenvalue weighted by atomic mass is 35.5. The molecule has 1 rings (SSSR count). The van der Waals surface area contributed by atoms with E-state index < -0.39 is 5.60 Å². The first-order valence-electron chi connectivity index (χ1n) is 5.62. The highest BCUT2D eigenvalue weighted by molar-refractivity contribution is 5.85. The minimum Gasteiger partial charge on any atom is -0.444 e. The second kappa shape index (κ2) is 6.30. The second-order valence-corrected chi connectivity index (χ2v) is 5.18. The van der Waals surface area contributed by atoms with Crippen molar-refractivity contribution < 1.29 is 9.53 Å². The SMILES string of the molecule is CC(C)(C)OC(=O)N[C@@H]1CCC[C@@H]1CN.Cl. The van der Waals surface area contributed by atoms with Crippen LogP contribution in [0.15, 0.2) is 0 Å². The number of alkyl carbamates (subject to hydrolysis) is 1. The number of nitrogens with two attached hydrogens (primary N) is 1. The molecule has 2 atom stereocenters. The van der Waals surface area contributed by atoms with Gasteiger partial charge in [0, 0.05) is 6.04 Å². The number of carbonyl (C=O) groups excluding carboxylic acids is 1. The van der Waals surface area contributed by atoms with E-state index in [1.807, 2.05) is 20.8 Å². The Morgan fingerprint density at radius 1 is 1.44 bits per heavy atom. The summed E-state index contributed by atoms with van der Waals surface area (Å²) < 4.78 is 5.20. The van der Waals surface area contributed by atoms with Gasteiger partial charge in [-0.2, -0.15) is 0 Å². The zero-order chi connectivity index (χ0) is 11.5. The van der Waals surface area contributed by atoms with Gasteiger partial charge >= 0.3 is 6.09 Å². The number of nitrogens with one attached hydrogen (secondary N) is 1. The molecule has 1 fully saturated rings. The summed E-state index contributed by atoms with van der Waals surface area (Å²) in [6.45, 7) is 6.23. The number of carbonyl (C=O) groups is 1.